The summed E-state index contributed by atoms with van der Waals surface area (Å²) in [5.41, 5.74) is 17.7. The van der Waals surface area contributed by atoms with Crippen molar-refractivity contribution in [2.75, 3.05) is 13.1 Å². The first kappa shape index (κ1) is 51.4. The van der Waals surface area contributed by atoms with Crippen molar-refractivity contribution in [3.63, 3.8) is 0 Å². The van der Waals surface area contributed by atoms with E-state index in [0.29, 0.717) is 12.0 Å². The minimum absolute atomic E-state index is 0.0770. The number of hydrogen-bond donors (Lipinski definition) is 14. The smallest absolute Gasteiger partial charge is 0.326 e. The molecular formula is C39H60N12O11. The van der Waals surface area contributed by atoms with Gasteiger partial charge in [-0.15, -0.1) is 0 Å². The van der Waals surface area contributed by atoms with Gasteiger partial charge in [-0.05, 0) is 42.7 Å². The number of guanidine groups is 1. The lowest BCUT2D eigenvalue weighted by Crippen LogP contribution is -2.59. The Morgan fingerprint density at radius 3 is 1.98 bits per heavy atom. The predicted molar refractivity (Wildman–Crippen MR) is 224 cm³/mol. The number of para-hydroxylation sites is 1. The molecule has 0 saturated carbocycles. The molecule has 342 valence electrons. The van der Waals surface area contributed by atoms with E-state index in [2.05, 4.69) is 42.2 Å². The third-order valence-corrected chi connectivity index (χ3v) is 9.68. The van der Waals surface area contributed by atoms with Crippen molar-refractivity contribution in [3.05, 3.63) is 36.0 Å². The summed E-state index contributed by atoms with van der Waals surface area (Å²) in [6, 6.07) is -1.34. The molecule has 2 aromatic rings. The lowest BCUT2D eigenvalue weighted by atomic mass is 9.96. The molecule has 2 rings (SSSR count). The molecule has 1 aromatic carbocycles. The fraction of sp³-hybridized carbons (Fsp3) is 0.538. The highest BCUT2D eigenvalue weighted by molar-refractivity contribution is 5.98. The van der Waals surface area contributed by atoms with Crippen LogP contribution in [0.1, 0.15) is 71.8 Å². The number of nitrogens with one attached hydrogen (secondary N) is 9. The maximum absolute atomic E-state index is 13.8. The first-order chi connectivity index (χ1) is 29.1. The van der Waals surface area contributed by atoms with E-state index in [1.54, 1.807) is 58.2 Å². The van der Waals surface area contributed by atoms with Crippen LogP contribution in [-0.4, -0.2) is 124 Å². The number of aliphatic carboxylic acids is 2. The zero-order chi connectivity index (χ0) is 46.7. The van der Waals surface area contributed by atoms with Gasteiger partial charge in [0.2, 0.25) is 41.4 Å². The summed E-state index contributed by atoms with van der Waals surface area (Å²) in [6.45, 7) is 6.22. The highest BCUT2D eigenvalue weighted by Crippen LogP contribution is 2.19. The number of amides is 7. The van der Waals surface area contributed by atoms with Gasteiger partial charge in [0, 0.05) is 30.1 Å². The van der Waals surface area contributed by atoms with Crippen LogP contribution < -0.4 is 54.4 Å². The Bertz CT molecular complexity index is 1940. The van der Waals surface area contributed by atoms with E-state index in [1.807, 2.05) is 0 Å². The van der Waals surface area contributed by atoms with Gasteiger partial charge in [0.15, 0.2) is 5.96 Å². The van der Waals surface area contributed by atoms with E-state index in [4.69, 9.17) is 22.6 Å². The van der Waals surface area contributed by atoms with Gasteiger partial charge in [-0.2, -0.15) is 0 Å². The van der Waals surface area contributed by atoms with Crippen molar-refractivity contribution >= 4 is 70.2 Å². The van der Waals surface area contributed by atoms with Crippen LogP contribution in [0.5, 0.6) is 0 Å². The number of hydrogen-bond acceptors (Lipinski definition) is 11. The molecule has 0 fully saturated rings. The average Bonchev–Trinajstić information content (AvgIpc) is 3.60. The molecule has 0 aliphatic heterocycles. The normalized spacial score (nSPS) is 14.4. The molecule has 1 aromatic heterocycles. The third kappa shape index (κ3) is 17.4. The van der Waals surface area contributed by atoms with Crippen LogP contribution in [0.2, 0.25) is 0 Å². The molecule has 1 heterocycles. The van der Waals surface area contributed by atoms with Gasteiger partial charge in [0.25, 0.3) is 0 Å². The number of H-pyrrole nitrogens is 1. The van der Waals surface area contributed by atoms with Gasteiger partial charge < -0.3 is 69.6 Å². The van der Waals surface area contributed by atoms with E-state index in [0.717, 1.165) is 10.9 Å². The predicted octanol–water partition coefficient (Wildman–Crippen LogP) is -2.63. The molecule has 7 atom stereocenters. The summed E-state index contributed by atoms with van der Waals surface area (Å²) >= 11 is 0. The maximum atomic E-state index is 13.8. The molecular weight excluding hydrogens is 813 g/mol. The van der Waals surface area contributed by atoms with Gasteiger partial charge in [0.1, 0.15) is 30.2 Å². The lowest BCUT2D eigenvalue weighted by Gasteiger charge is -2.28. The molecule has 0 aliphatic rings. The highest BCUT2D eigenvalue weighted by atomic mass is 16.4. The van der Waals surface area contributed by atoms with Crippen LogP contribution in [0.25, 0.3) is 10.9 Å². The van der Waals surface area contributed by atoms with Gasteiger partial charge >= 0.3 is 11.9 Å². The van der Waals surface area contributed by atoms with Crippen LogP contribution in [0.15, 0.2) is 30.5 Å². The third-order valence-electron chi connectivity index (χ3n) is 9.68. The van der Waals surface area contributed by atoms with E-state index in [9.17, 15) is 53.4 Å². The molecule has 23 nitrogen and oxygen atoms in total. The van der Waals surface area contributed by atoms with Gasteiger partial charge in [0.05, 0.1) is 25.4 Å². The van der Waals surface area contributed by atoms with E-state index in [1.165, 1.54) is 0 Å². The van der Waals surface area contributed by atoms with Gasteiger partial charge in [-0.1, -0.05) is 52.3 Å². The largest absolute Gasteiger partial charge is 0.481 e. The first-order valence-electron chi connectivity index (χ1n) is 20.0. The van der Waals surface area contributed by atoms with Crippen LogP contribution in [0.3, 0.4) is 0 Å². The number of benzene rings is 1. The zero-order valence-corrected chi connectivity index (χ0v) is 35.2. The fourth-order valence-corrected chi connectivity index (χ4v) is 6.22. The summed E-state index contributed by atoms with van der Waals surface area (Å²) < 4.78 is 0. The van der Waals surface area contributed by atoms with Crippen LogP contribution >= 0.6 is 0 Å². The Morgan fingerprint density at radius 2 is 1.39 bits per heavy atom. The summed E-state index contributed by atoms with van der Waals surface area (Å²) in [5, 5.41) is 44.5. The number of carboxylic acid groups (broad SMARTS) is 2. The minimum atomic E-state index is -1.79. The Labute approximate surface area is 357 Å². The Kier molecular flexibility index (Phi) is 20.8. The monoisotopic (exact) mass is 872 g/mol. The number of carbonyl (C=O) groups is 9. The summed E-state index contributed by atoms with van der Waals surface area (Å²) in [6.07, 6.45) is 0.527. The second kappa shape index (κ2) is 25.1. The van der Waals surface area contributed by atoms with Gasteiger partial charge in [-0.3, -0.25) is 43.8 Å². The number of primary amides is 1. The standard InChI is InChI=1S/C39H60N12O11/c1-5-20(4)32(37(60)50-28(38(61)62)13-19(2)3)51-35(58)25(11-8-12-44-39(42)43)48-36(59)27(16-31(54)55)47-30(53)18-46-34(57)26(49-33(56)23(40)15-29(41)52)14-21-17-45-24-10-7-6-9-22(21)24/h6-7,9-10,17,19-20,23,25-28,32,45H,5,8,11-16,18,40H2,1-4H3,(H2,41,52)(H,46,57)(H,47,53)(H,48,59)(H,49,56)(H,50,60)(H,51,58)(H,54,55)(H,61,62)(H4,42,43,44)/t20-,23-,25-,26-,27-,28-,32-/m0/s1. The fourth-order valence-electron chi connectivity index (χ4n) is 6.22. The quantitative estimate of drug-likeness (QED) is 0.0248. The summed E-state index contributed by atoms with van der Waals surface area (Å²) in [7, 11) is 0. The van der Waals surface area contributed by atoms with E-state index < -0.39 is 115 Å². The number of aromatic nitrogens is 1. The molecule has 17 N–H and O–H groups in total. The molecule has 0 spiro atoms. The van der Waals surface area contributed by atoms with Crippen molar-refractivity contribution in [3.8, 4) is 0 Å². The second-order valence-electron chi connectivity index (χ2n) is 15.3. The zero-order valence-electron chi connectivity index (χ0n) is 35.2. The summed E-state index contributed by atoms with van der Waals surface area (Å²) in [4.78, 5) is 118. The van der Waals surface area contributed by atoms with Crippen molar-refractivity contribution in [1.82, 2.24) is 42.2 Å². The maximum Gasteiger partial charge on any atom is 0.326 e. The van der Waals surface area contributed by atoms with Crippen molar-refractivity contribution < 1.29 is 53.4 Å². The highest BCUT2D eigenvalue weighted by Gasteiger charge is 2.34. The molecule has 0 bridgehead atoms. The van der Waals surface area contributed by atoms with Gasteiger partial charge in [-0.25, -0.2) is 4.79 Å². The molecule has 0 aliphatic carbocycles. The number of carboxylic acids is 2. The molecule has 0 saturated heterocycles. The Hall–Kier alpha value is -6.78. The van der Waals surface area contributed by atoms with E-state index >= 15 is 0 Å². The number of nitrogens with two attached hydrogens (primary N) is 3. The molecule has 7 amide bonds. The average molecular weight is 873 g/mol. The van der Waals surface area contributed by atoms with Crippen molar-refractivity contribution in [2.24, 2.45) is 29.0 Å². The summed E-state index contributed by atoms with van der Waals surface area (Å²) in [5.74, 6) is -10.2. The van der Waals surface area contributed by atoms with Crippen LogP contribution in [0, 0.1) is 17.2 Å². The number of fused-ring (bicyclic) bond motifs is 1. The number of aromatic amines is 1. The minimum Gasteiger partial charge on any atom is -0.481 e. The van der Waals surface area contributed by atoms with Crippen LogP contribution in [-0.2, 0) is 49.6 Å². The SMILES string of the molecule is CC[C@H](C)[C@H](NC(=O)[C@H](CCCNC(=N)N)NC(=O)[C@H](CC(=O)O)NC(=O)CNC(=O)[C@H](Cc1c[nH]c2ccccc12)NC(=O)[C@@H](N)CC(N)=O)C(=O)N[C@@H](CC(C)C)C(=O)O. The molecule has 23 heteroatoms. The van der Waals surface area contributed by atoms with E-state index in [-0.39, 0.29) is 44.1 Å². The Balaban J connectivity index is 2.28. The topological polar surface area (TPSA) is 396 Å². The molecule has 62 heavy (non-hydrogen) atoms. The molecule has 0 unspecified atom stereocenters. The molecule has 0 radical (unpaired) electrons. The first-order valence-corrected chi connectivity index (χ1v) is 20.0. The second-order valence-corrected chi connectivity index (χ2v) is 15.3. The van der Waals surface area contributed by atoms with Crippen molar-refractivity contribution in [1.29, 1.82) is 5.41 Å². The Morgan fingerprint density at radius 1 is 0.758 bits per heavy atom. The lowest BCUT2D eigenvalue weighted by molar-refractivity contribution is -0.143. The number of carbonyl (C=O) groups excluding carboxylic acids is 7. The van der Waals surface area contributed by atoms with Crippen molar-refractivity contribution in [2.45, 2.75) is 109 Å². The number of rotatable bonds is 27. The van der Waals surface area contributed by atoms with Crippen LogP contribution in [0.4, 0.5) is 0 Å².